The number of carbonyl (C=O) groups excluding carboxylic acids is 1. The number of aromatic nitrogens is 1. The van der Waals surface area contributed by atoms with Gasteiger partial charge in [0.1, 0.15) is 12.6 Å². The minimum Gasteiger partial charge on any atom is -0.444 e. The van der Waals surface area contributed by atoms with Crippen LogP contribution in [-0.2, 0) is 11.3 Å². The molecule has 1 heterocycles. The van der Waals surface area contributed by atoms with Crippen LogP contribution in [-0.4, -0.2) is 11.1 Å². The van der Waals surface area contributed by atoms with Crippen LogP contribution in [0.25, 0.3) is 0 Å². The Morgan fingerprint density at radius 1 is 1.45 bits per heavy atom. The molecule has 1 amide bonds. The largest absolute Gasteiger partial charge is 0.444 e. The van der Waals surface area contributed by atoms with Crippen molar-refractivity contribution in [3.63, 3.8) is 0 Å². The minimum absolute atomic E-state index is 0.189. The summed E-state index contributed by atoms with van der Waals surface area (Å²) >= 11 is 1.43. The Labute approximate surface area is 120 Å². The van der Waals surface area contributed by atoms with Gasteiger partial charge in [0.15, 0.2) is 0 Å². The quantitative estimate of drug-likeness (QED) is 0.666. The summed E-state index contributed by atoms with van der Waals surface area (Å²) < 4.78 is 5.10. The molecule has 0 radical (unpaired) electrons. The van der Waals surface area contributed by atoms with E-state index >= 15 is 0 Å². The molecule has 1 atom stereocenters. The Kier molecular flexibility index (Phi) is 4.98. The summed E-state index contributed by atoms with van der Waals surface area (Å²) in [6.45, 7) is 0.189. The summed E-state index contributed by atoms with van der Waals surface area (Å²) in [6.07, 6.45) is 1.11. The molecule has 0 saturated heterocycles. The van der Waals surface area contributed by atoms with Crippen molar-refractivity contribution in [3.8, 4) is 12.0 Å². The third kappa shape index (κ3) is 4.00. The number of benzene rings is 1. The van der Waals surface area contributed by atoms with Gasteiger partial charge in [0.2, 0.25) is 0 Å². The molecule has 102 valence electrons. The van der Waals surface area contributed by atoms with Crippen LogP contribution < -0.4 is 11.1 Å². The maximum atomic E-state index is 11.7. The van der Waals surface area contributed by atoms with Gasteiger partial charge in [-0.1, -0.05) is 36.3 Å². The van der Waals surface area contributed by atoms with Crippen LogP contribution in [0, 0.1) is 12.0 Å². The van der Waals surface area contributed by atoms with E-state index in [0.717, 1.165) is 10.4 Å². The van der Waals surface area contributed by atoms with Crippen LogP contribution in [0.15, 0.2) is 42.0 Å². The summed E-state index contributed by atoms with van der Waals surface area (Å²) in [5, 5.41) is 2.67. The Balaban J connectivity index is 1.94. The van der Waals surface area contributed by atoms with E-state index in [-0.39, 0.29) is 6.61 Å². The molecule has 1 aromatic carbocycles. The SMILES string of the molecule is NC#CC(NC(=O)OCc1cncs1)c1ccccc1. The summed E-state index contributed by atoms with van der Waals surface area (Å²) in [7, 11) is 0. The molecular weight excluding hydrogens is 274 g/mol. The molecule has 1 aromatic heterocycles. The molecule has 0 saturated carbocycles. The lowest BCUT2D eigenvalue weighted by molar-refractivity contribution is 0.139. The second kappa shape index (κ2) is 7.16. The zero-order valence-corrected chi connectivity index (χ0v) is 11.4. The number of carbonyl (C=O) groups is 1. The normalized spacial score (nSPS) is 11.0. The van der Waals surface area contributed by atoms with E-state index in [1.807, 2.05) is 30.3 Å². The van der Waals surface area contributed by atoms with Crippen molar-refractivity contribution in [2.24, 2.45) is 5.73 Å². The fourth-order valence-electron chi connectivity index (χ4n) is 1.54. The third-order valence-corrected chi connectivity index (χ3v) is 3.20. The fraction of sp³-hybridized carbons (Fsp3) is 0.143. The first kappa shape index (κ1) is 13.9. The van der Waals surface area contributed by atoms with Crippen molar-refractivity contribution in [2.45, 2.75) is 12.6 Å². The maximum absolute atomic E-state index is 11.7. The van der Waals surface area contributed by atoms with E-state index in [4.69, 9.17) is 10.5 Å². The number of alkyl carbamates (subject to hydrolysis) is 1. The van der Waals surface area contributed by atoms with Gasteiger partial charge >= 0.3 is 6.09 Å². The van der Waals surface area contributed by atoms with Crippen molar-refractivity contribution >= 4 is 17.4 Å². The van der Waals surface area contributed by atoms with E-state index in [0.29, 0.717) is 0 Å². The fourth-order valence-corrected chi connectivity index (χ4v) is 2.05. The van der Waals surface area contributed by atoms with Crippen molar-refractivity contribution < 1.29 is 9.53 Å². The van der Waals surface area contributed by atoms with E-state index < -0.39 is 12.1 Å². The van der Waals surface area contributed by atoms with Gasteiger partial charge in [0.25, 0.3) is 0 Å². The Morgan fingerprint density at radius 2 is 2.25 bits per heavy atom. The maximum Gasteiger partial charge on any atom is 0.408 e. The second-order valence-corrected chi connectivity index (χ2v) is 4.79. The van der Waals surface area contributed by atoms with E-state index in [9.17, 15) is 4.79 Å². The molecule has 0 aliphatic rings. The number of rotatable bonds is 4. The smallest absolute Gasteiger partial charge is 0.408 e. The lowest BCUT2D eigenvalue weighted by Crippen LogP contribution is -2.28. The van der Waals surface area contributed by atoms with Gasteiger partial charge in [0, 0.05) is 12.2 Å². The zero-order valence-electron chi connectivity index (χ0n) is 10.6. The summed E-state index contributed by atoms with van der Waals surface area (Å²) in [6, 6.07) is 11.2. The Hall–Kier alpha value is -2.52. The molecule has 0 bridgehead atoms. The zero-order chi connectivity index (χ0) is 14.2. The summed E-state index contributed by atoms with van der Waals surface area (Å²) in [4.78, 5) is 16.5. The Bertz CT molecular complexity index is 602. The lowest BCUT2D eigenvalue weighted by atomic mass is 10.1. The van der Waals surface area contributed by atoms with Gasteiger partial charge in [0.05, 0.1) is 10.4 Å². The highest BCUT2D eigenvalue weighted by atomic mass is 32.1. The number of nitrogens with zero attached hydrogens (tertiary/aromatic N) is 1. The Morgan fingerprint density at radius 3 is 2.90 bits per heavy atom. The molecule has 6 heteroatoms. The van der Waals surface area contributed by atoms with Gasteiger partial charge in [-0.3, -0.25) is 4.98 Å². The summed E-state index contributed by atoms with van der Waals surface area (Å²) in [5.41, 5.74) is 7.76. The highest BCUT2D eigenvalue weighted by Gasteiger charge is 2.13. The van der Waals surface area contributed by atoms with Crippen LogP contribution in [0.3, 0.4) is 0 Å². The van der Waals surface area contributed by atoms with Gasteiger partial charge in [-0.25, -0.2) is 4.79 Å². The molecule has 0 aliphatic carbocycles. The number of nitrogens with one attached hydrogen (secondary N) is 1. The molecular formula is C14H13N3O2S. The van der Waals surface area contributed by atoms with Gasteiger partial charge in [-0.05, 0) is 5.56 Å². The van der Waals surface area contributed by atoms with E-state index in [1.54, 1.807) is 11.7 Å². The first-order chi connectivity index (χ1) is 9.79. The average molecular weight is 287 g/mol. The number of hydrogen-bond acceptors (Lipinski definition) is 5. The standard InChI is InChI=1S/C14H13N3O2S/c15-7-6-13(11-4-2-1-3-5-11)17-14(18)19-9-12-8-16-10-20-12/h1-5,8,10,13H,9,15H2,(H,17,18). The van der Waals surface area contributed by atoms with Crippen LogP contribution in [0.1, 0.15) is 16.5 Å². The number of amides is 1. The highest BCUT2D eigenvalue weighted by Crippen LogP contribution is 2.12. The average Bonchev–Trinajstić information content (AvgIpc) is 2.99. The van der Waals surface area contributed by atoms with Crippen LogP contribution >= 0.6 is 11.3 Å². The molecule has 3 N–H and O–H groups in total. The number of ether oxygens (including phenoxy) is 1. The molecule has 0 fully saturated rings. The third-order valence-electron chi connectivity index (χ3n) is 2.45. The molecule has 1 unspecified atom stereocenters. The van der Waals surface area contributed by atoms with Crippen molar-refractivity contribution in [2.75, 3.05) is 0 Å². The van der Waals surface area contributed by atoms with Crippen LogP contribution in [0.4, 0.5) is 4.79 Å². The van der Waals surface area contributed by atoms with Gasteiger partial charge in [-0.15, -0.1) is 11.3 Å². The van der Waals surface area contributed by atoms with E-state index in [1.165, 1.54) is 11.3 Å². The minimum atomic E-state index is -0.546. The first-order valence-corrected chi connectivity index (χ1v) is 6.74. The van der Waals surface area contributed by atoms with Crippen molar-refractivity contribution in [1.82, 2.24) is 10.3 Å². The summed E-state index contributed by atoms with van der Waals surface area (Å²) in [5.74, 6) is 2.73. The number of thiazole rings is 1. The van der Waals surface area contributed by atoms with E-state index in [2.05, 4.69) is 22.3 Å². The predicted octanol–water partition coefficient (Wildman–Crippen LogP) is 2.03. The number of nitrogens with two attached hydrogens (primary N) is 1. The predicted molar refractivity (Wildman–Crippen MR) is 76.6 cm³/mol. The molecule has 0 aliphatic heterocycles. The second-order valence-electron chi connectivity index (χ2n) is 3.82. The van der Waals surface area contributed by atoms with Crippen LogP contribution in [0.5, 0.6) is 0 Å². The van der Waals surface area contributed by atoms with Crippen molar-refractivity contribution in [3.05, 3.63) is 52.5 Å². The topological polar surface area (TPSA) is 77.2 Å². The molecule has 0 spiro atoms. The monoisotopic (exact) mass is 287 g/mol. The van der Waals surface area contributed by atoms with Crippen molar-refractivity contribution in [1.29, 1.82) is 0 Å². The highest BCUT2D eigenvalue weighted by molar-refractivity contribution is 7.09. The first-order valence-electron chi connectivity index (χ1n) is 5.86. The molecule has 5 nitrogen and oxygen atoms in total. The van der Waals surface area contributed by atoms with Gasteiger partial charge < -0.3 is 15.8 Å². The van der Waals surface area contributed by atoms with Gasteiger partial charge in [-0.2, -0.15) is 0 Å². The number of hydrogen-bond donors (Lipinski definition) is 2. The lowest BCUT2D eigenvalue weighted by Gasteiger charge is -2.13. The molecule has 20 heavy (non-hydrogen) atoms. The molecule has 2 aromatic rings. The molecule has 2 rings (SSSR count). The van der Waals surface area contributed by atoms with Crippen LogP contribution in [0.2, 0.25) is 0 Å².